The third-order valence-electron chi connectivity index (χ3n) is 9.00. The summed E-state index contributed by atoms with van der Waals surface area (Å²) in [7, 11) is -3.81. The van der Waals surface area contributed by atoms with Crippen LogP contribution in [0, 0.1) is 11.7 Å². The van der Waals surface area contributed by atoms with Crippen LogP contribution in [-0.4, -0.2) is 13.2 Å². The summed E-state index contributed by atoms with van der Waals surface area (Å²) in [5.74, 6) is -0.584. The number of halogens is 2. The molecule has 0 heterocycles. The van der Waals surface area contributed by atoms with Crippen LogP contribution < -0.4 is 0 Å². The lowest BCUT2D eigenvalue weighted by atomic mass is 9.61. The molecule has 2 aliphatic carbocycles. The SMILES string of the molecule is CC(C)c1cccc(S(=O)(=O)C2(C)CC(c3ccc(Br)cc3F)CC3C=Cc4c(ccc5ccccc45)C32)c1. The van der Waals surface area contributed by atoms with Gasteiger partial charge in [0, 0.05) is 10.4 Å². The Hall–Kier alpha value is -2.76. The molecule has 0 aromatic heterocycles. The van der Waals surface area contributed by atoms with E-state index in [9.17, 15) is 8.42 Å². The van der Waals surface area contributed by atoms with Gasteiger partial charge in [0.15, 0.2) is 9.84 Å². The van der Waals surface area contributed by atoms with E-state index >= 15 is 4.39 Å². The fraction of sp³-hybridized carbons (Fsp3) is 0.294. The Morgan fingerprint density at radius 2 is 1.72 bits per heavy atom. The molecule has 6 rings (SSSR count). The molecule has 4 unspecified atom stereocenters. The zero-order valence-electron chi connectivity index (χ0n) is 22.4. The number of hydrogen-bond donors (Lipinski definition) is 0. The number of rotatable bonds is 4. The smallest absolute Gasteiger partial charge is 0.184 e. The molecule has 4 aromatic carbocycles. The van der Waals surface area contributed by atoms with Crippen molar-refractivity contribution in [2.24, 2.45) is 5.92 Å². The van der Waals surface area contributed by atoms with Gasteiger partial charge in [-0.3, -0.25) is 0 Å². The minimum atomic E-state index is -3.81. The Morgan fingerprint density at radius 3 is 2.49 bits per heavy atom. The number of sulfone groups is 1. The first-order chi connectivity index (χ1) is 18.6. The molecule has 0 radical (unpaired) electrons. The first-order valence-corrected chi connectivity index (χ1v) is 15.9. The molecule has 1 fully saturated rings. The molecule has 0 aliphatic heterocycles. The molecule has 0 spiro atoms. The monoisotopic (exact) mass is 602 g/mol. The van der Waals surface area contributed by atoms with E-state index in [2.05, 4.69) is 66.2 Å². The van der Waals surface area contributed by atoms with Gasteiger partial charge >= 0.3 is 0 Å². The van der Waals surface area contributed by atoms with Crippen molar-refractivity contribution in [2.75, 3.05) is 0 Å². The second-order valence-corrected chi connectivity index (χ2v) is 15.0. The maximum absolute atomic E-state index is 15.3. The van der Waals surface area contributed by atoms with Gasteiger partial charge < -0.3 is 0 Å². The van der Waals surface area contributed by atoms with E-state index in [1.54, 1.807) is 6.07 Å². The normalized spacial score (nSPS) is 24.5. The van der Waals surface area contributed by atoms with Crippen molar-refractivity contribution < 1.29 is 12.8 Å². The summed E-state index contributed by atoms with van der Waals surface area (Å²) in [6.45, 7) is 6.05. The van der Waals surface area contributed by atoms with E-state index in [0.717, 1.165) is 27.5 Å². The summed E-state index contributed by atoms with van der Waals surface area (Å²) in [6.07, 6.45) is 5.39. The Bertz CT molecular complexity index is 1720. The van der Waals surface area contributed by atoms with Gasteiger partial charge in [0.2, 0.25) is 0 Å². The van der Waals surface area contributed by atoms with Crippen molar-refractivity contribution in [3.05, 3.63) is 117 Å². The average Bonchev–Trinajstić information content (AvgIpc) is 2.92. The highest BCUT2D eigenvalue weighted by Gasteiger charge is 2.55. The summed E-state index contributed by atoms with van der Waals surface area (Å²) in [5, 5.41) is 2.27. The van der Waals surface area contributed by atoms with Crippen LogP contribution in [0.15, 0.2) is 94.3 Å². The van der Waals surface area contributed by atoms with Crippen molar-refractivity contribution in [3.63, 3.8) is 0 Å². The summed E-state index contributed by atoms with van der Waals surface area (Å²) >= 11 is 3.37. The van der Waals surface area contributed by atoms with Gasteiger partial charge in [-0.2, -0.15) is 0 Å². The van der Waals surface area contributed by atoms with E-state index in [1.807, 2.05) is 49.4 Å². The fourth-order valence-corrected chi connectivity index (χ4v) is 9.49. The highest BCUT2D eigenvalue weighted by atomic mass is 79.9. The van der Waals surface area contributed by atoms with E-state index in [4.69, 9.17) is 0 Å². The molecule has 200 valence electrons. The van der Waals surface area contributed by atoms with Gasteiger partial charge in [-0.05, 0) is 94.8 Å². The van der Waals surface area contributed by atoms with Crippen molar-refractivity contribution in [1.82, 2.24) is 0 Å². The zero-order chi connectivity index (χ0) is 27.5. The Morgan fingerprint density at radius 1 is 0.949 bits per heavy atom. The molecule has 2 nitrogen and oxygen atoms in total. The lowest BCUT2D eigenvalue weighted by Crippen LogP contribution is -2.50. The zero-order valence-corrected chi connectivity index (χ0v) is 24.8. The minimum Gasteiger partial charge on any atom is -0.223 e. The fourth-order valence-electron chi connectivity index (χ4n) is 7.01. The van der Waals surface area contributed by atoms with Crippen molar-refractivity contribution >= 4 is 42.6 Å². The third kappa shape index (κ3) is 4.29. The van der Waals surface area contributed by atoms with Gasteiger partial charge in [0.25, 0.3) is 0 Å². The molecule has 2 aliphatic rings. The van der Waals surface area contributed by atoms with E-state index in [-0.39, 0.29) is 29.5 Å². The lowest BCUT2D eigenvalue weighted by molar-refractivity contribution is 0.254. The largest absolute Gasteiger partial charge is 0.223 e. The molecule has 0 N–H and O–H groups in total. The summed E-state index contributed by atoms with van der Waals surface area (Å²) in [5.41, 5.74) is 3.76. The predicted molar refractivity (Wildman–Crippen MR) is 161 cm³/mol. The second-order valence-electron chi connectivity index (χ2n) is 11.6. The molecule has 5 heteroatoms. The maximum Gasteiger partial charge on any atom is 0.184 e. The van der Waals surface area contributed by atoms with Crippen LogP contribution in [0.1, 0.15) is 73.6 Å². The second kappa shape index (κ2) is 9.71. The van der Waals surface area contributed by atoms with Crippen molar-refractivity contribution in [1.29, 1.82) is 0 Å². The van der Waals surface area contributed by atoms with E-state index in [0.29, 0.717) is 27.8 Å². The lowest BCUT2D eigenvalue weighted by Gasteiger charge is -2.50. The highest BCUT2D eigenvalue weighted by molar-refractivity contribution is 9.10. The first kappa shape index (κ1) is 26.5. The molecule has 4 aromatic rings. The number of allylic oxidation sites excluding steroid dienone is 1. The molecule has 0 saturated heterocycles. The van der Waals surface area contributed by atoms with Crippen LogP contribution in [0.25, 0.3) is 16.8 Å². The highest BCUT2D eigenvalue weighted by Crippen LogP contribution is 2.58. The van der Waals surface area contributed by atoms with Gasteiger partial charge in [-0.15, -0.1) is 0 Å². The summed E-state index contributed by atoms with van der Waals surface area (Å²) in [4.78, 5) is 0.351. The predicted octanol–water partition coefficient (Wildman–Crippen LogP) is 9.40. The number of benzene rings is 4. The number of fused-ring (bicyclic) bond motifs is 5. The van der Waals surface area contributed by atoms with Crippen LogP contribution >= 0.6 is 15.9 Å². The van der Waals surface area contributed by atoms with Crippen LogP contribution in [0.2, 0.25) is 0 Å². The van der Waals surface area contributed by atoms with Crippen LogP contribution in [0.3, 0.4) is 0 Å². The van der Waals surface area contributed by atoms with E-state index in [1.165, 1.54) is 6.07 Å². The van der Waals surface area contributed by atoms with Gasteiger partial charge in [0.05, 0.1) is 9.64 Å². The Balaban J connectivity index is 1.56. The van der Waals surface area contributed by atoms with Gasteiger partial charge in [-0.25, -0.2) is 12.8 Å². The maximum atomic E-state index is 15.3. The Labute approximate surface area is 239 Å². The van der Waals surface area contributed by atoms with Crippen LogP contribution in [0.5, 0.6) is 0 Å². The molecule has 0 amide bonds. The van der Waals surface area contributed by atoms with Gasteiger partial charge in [-0.1, -0.05) is 96.5 Å². The third-order valence-corrected chi connectivity index (χ3v) is 12.0. The molecule has 1 saturated carbocycles. The van der Waals surface area contributed by atoms with Gasteiger partial charge in [0.1, 0.15) is 5.82 Å². The topological polar surface area (TPSA) is 34.1 Å². The standard InChI is InChI=1S/C34H32BrFO2S/c1-21(2)23-8-6-9-27(18-23)39(37,38)34(3)20-25(29-16-13-26(35)19-32(29)36)17-24-12-14-30-28-10-5-4-7-22(28)11-15-31(30)33(24)34/h4-16,18-19,21,24-25,33H,17,20H2,1-3H3. The van der Waals surface area contributed by atoms with Crippen molar-refractivity contribution in [2.45, 2.75) is 61.0 Å². The quantitative estimate of drug-likeness (QED) is 0.233. The first-order valence-electron chi connectivity index (χ1n) is 13.6. The average molecular weight is 604 g/mol. The Kier molecular flexibility index (Phi) is 6.59. The summed E-state index contributed by atoms with van der Waals surface area (Å²) in [6, 6.07) is 25.0. The number of hydrogen-bond acceptors (Lipinski definition) is 2. The minimum absolute atomic E-state index is 0.0338. The van der Waals surface area contributed by atoms with Crippen LogP contribution in [-0.2, 0) is 9.84 Å². The van der Waals surface area contributed by atoms with Crippen molar-refractivity contribution in [3.8, 4) is 0 Å². The molecule has 4 atom stereocenters. The molecular formula is C34H32BrFO2S. The molecule has 0 bridgehead atoms. The van der Waals surface area contributed by atoms with E-state index < -0.39 is 14.6 Å². The molecule has 39 heavy (non-hydrogen) atoms. The van der Waals surface area contributed by atoms with Crippen LogP contribution in [0.4, 0.5) is 4.39 Å². The molecular weight excluding hydrogens is 571 g/mol. The summed E-state index contributed by atoms with van der Waals surface area (Å²) < 4.78 is 44.4.